The lowest BCUT2D eigenvalue weighted by molar-refractivity contribution is 0.179. The summed E-state index contributed by atoms with van der Waals surface area (Å²) in [7, 11) is 0. The van der Waals surface area contributed by atoms with Gasteiger partial charge in [-0.25, -0.2) is 4.79 Å². The van der Waals surface area contributed by atoms with E-state index in [-0.39, 0.29) is 6.03 Å². The number of amides is 2. The molecule has 2 saturated heterocycles. The first-order valence-corrected chi connectivity index (χ1v) is 8.02. The first kappa shape index (κ1) is 12.9. The molecule has 4 nitrogen and oxygen atoms in total. The van der Waals surface area contributed by atoms with Crippen molar-refractivity contribution in [2.45, 2.75) is 44.3 Å². The number of hydrogen-bond donors (Lipinski definition) is 2. The van der Waals surface area contributed by atoms with Crippen LogP contribution in [0.4, 0.5) is 4.79 Å². The van der Waals surface area contributed by atoms with E-state index in [1.54, 1.807) is 11.3 Å². The molecule has 2 aliphatic heterocycles. The van der Waals surface area contributed by atoms with Gasteiger partial charge in [0.2, 0.25) is 0 Å². The van der Waals surface area contributed by atoms with Crippen LogP contribution >= 0.6 is 11.3 Å². The lowest BCUT2D eigenvalue weighted by Crippen LogP contribution is -2.49. The van der Waals surface area contributed by atoms with Crippen LogP contribution in [-0.4, -0.2) is 36.1 Å². The summed E-state index contributed by atoms with van der Waals surface area (Å²) >= 11 is 1.68. The van der Waals surface area contributed by atoms with Crippen molar-refractivity contribution in [2.75, 3.05) is 13.1 Å². The zero-order valence-electron chi connectivity index (χ0n) is 11.1. The molecule has 19 heavy (non-hydrogen) atoms. The van der Waals surface area contributed by atoms with E-state index in [0.717, 1.165) is 13.0 Å². The Bertz CT molecular complexity index is 420. The maximum Gasteiger partial charge on any atom is 0.315 e. The van der Waals surface area contributed by atoms with Crippen LogP contribution in [0.15, 0.2) is 17.5 Å². The molecule has 2 unspecified atom stereocenters. The standard InChI is InChI=1S/C14H21N3OS/c18-14(15-10-11-4-3-9-19-11)16-12-6-8-17-7-2-1-5-13(12)17/h3-4,9,12-13H,1-2,5-8,10H2,(H2,15,16,18). The SMILES string of the molecule is O=C(NCc1cccs1)NC1CCN2CCCCC12. The summed E-state index contributed by atoms with van der Waals surface area (Å²) < 4.78 is 0. The minimum Gasteiger partial charge on any atom is -0.334 e. The quantitative estimate of drug-likeness (QED) is 0.890. The van der Waals surface area contributed by atoms with Crippen molar-refractivity contribution in [3.8, 4) is 0 Å². The van der Waals surface area contributed by atoms with Crippen LogP contribution in [0.5, 0.6) is 0 Å². The van der Waals surface area contributed by atoms with Gasteiger partial charge in [0.15, 0.2) is 0 Å². The van der Waals surface area contributed by atoms with Crippen molar-refractivity contribution in [2.24, 2.45) is 0 Å². The fourth-order valence-electron chi connectivity index (χ4n) is 3.22. The van der Waals surface area contributed by atoms with Gasteiger partial charge in [0.25, 0.3) is 0 Å². The highest BCUT2D eigenvalue weighted by Gasteiger charge is 2.36. The minimum atomic E-state index is -0.0224. The number of piperidine rings is 1. The van der Waals surface area contributed by atoms with Gasteiger partial charge in [-0.3, -0.25) is 4.90 Å². The Morgan fingerprint density at radius 1 is 1.37 bits per heavy atom. The molecule has 2 amide bonds. The fourth-order valence-corrected chi connectivity index (χ4v) is 3.86. The Morgan fingerprint density at radius 2 is 2.32 bits per heavy atom. The zero-order valence-corrected chi connectivity index (χ0v) is 11.9. The Hall–Kier alpha value is -1.07. The molecule has 2 atom stereocenters. The second-order valence-corrected chi connectivity index (χ2v) is 6.43. The van der Waals surface area contributed by atoms with Crippen molar-refractivity contribution in [3.05, 3.63) is 22.4 Å². The van der Waals surface area contributed by atoms with E-state index in [4.69, 9.17) is 0 Å². The zero-order chi connectivity index (χ0) is 13.1. The number of hydrogen-bond acceptors (Lipinski definition) is 3. The first-order valence-electron chi connectivity index (χ1n) is 7.14. The maximum atomic E-state index is 11.9. The molecule has 0 aromatic carbocycles. The number of urea groups is 1. The average molecular weight is 279 g/mol. The second-order valence-electron chi connectivity index (χ2n) is 5.40. The fraction of sp³-hybridized carbons (Fsp3) is 0.643. The second kappa shape index (κ2) is 5.92. The van der Waals surface area contributed by atoms with E-state index < -0.39 is 0 Å². The highest BCUT2D eigenvalue weighted by Crippen LogP contribution is 2.26. The van der Waals surface area contributed by atoms with Crippen LogP contribution in [0.3, 0.4) is 0 Å². The van der Waals surface area contributed by atoms with Crippen molar-refractivity contribution in [1.82, 2.24) is 15.5 Å². The Labute approximate surface area is 118 Å². The van der Waals surface area contributed by atoms with Gasteiger partial charge in [-0.1, -0.05) is 12.5 Å². The van der Waals surface area contributed by atoms with Crippen LogP contribution in [0.1, 0.15) is 30.6 Å². The van der Waals surface area contributed by atoms with Crippen LogP contribution in [0.25, 0.3) is 0 Å². The van der Waals surface area contributed by atoms with Gasteiger partial charge < -0.3 is 10.6 Å². The summed E-state index contributed by atoms with van der Waals surface area (Å²) in [6.07, 6.45) is 4.94. The van der Waals surface area contributed by atoms with Gasteiger partial charge in [0.05, 0.1) is 6.54 Å². The lowest BCUT2D eigenvalue weighted by Gasteiger charge is -2.32. The highest BCUT2D eigenvalue weighted by molar-refractivity contribution is 7.09. The summed E-state index contributed by atoms with van der Waals surface area (Å²) in [5.74, 6) is 0. The molecule has 104 valence electrons. The number of rotatable bonds is 3. The number of carbonyl (C=O) groups is 1. The summed E-state index contributed by atoms with van der Waals surface area (Å²) in [5.41, 5.74) is 0. The van der Waals surface area contributed by atoms with Crippen LogP contribution < -0.4 is 10.6 Å². The number of thiophene rings is 1. The molecule has 2 fully saturated rings. The van der Waals surface area contributed by atoms with Crippen molar-refractivity contribution in [1.29, 1.82) is 0 Å². The van der Waals surface area contributed by atoms with E-state index in [1.165, 1.54) is 30.7 Å². The van der Waals surface area contributed by atoms with E-state index >= 15 is 0 Å². The third-order valence-electron chi connectivity index (χ3n) is 4.18. The highest BCUT2D eigenvalue weighted by atomic mass is 32.1. The smallest absolute Gasteiger partial charge is 0.315 e. The predicted octanol–water partition coefficient (Wildman–Crippen LogP) is 2.17. The average Bonchev–Trinajstić information content (AvgIpc) is 3.07. The monoisotopic (exact) mass is 279 g/mol. The number of carbonyl (C=O) groups excluding carboxylic acids is 1. The molecule has 0 aliphatic carbocycles. The van der Waals surface area contributed by atoms with E-state index in [9.17, 15) is 4.79 Å². The number of nitrogens with zero attached hydrogens (tertiary/aromatic N) is 1. The van der Waals surface area contributed by atoms with Gasteiger partial charge in [0.1, 0.15) is 0 Å². The normalized spacial score (nSPS) is 26.9. The van der Waals surface area contributed by atoms with Gasteiger partial charge in [-0.05, 0) is 37.3 Å². The molecular formula is C14H21N3OS. The van der Waals surface area contributed by atoms with E-state index in [1.807, 2.05) is 17.5 Å². The molecule has 5 heteroatoms. The summed E-state index contributed by atoms with van der Waals surface area (Å²) in [6.45, 7) is 2.98. The van der Waals surface area contributed by atoms with Crippen LogP contribution in [0.2, 0.25) is 0 Å². The summed E-state index contributed by atoms with van der Waals surface area (Å²) in [6, 6.07) is 4.94. The van der Waals surface area contributed by atoms with E-state index in [0.29, 0.717) is 18.6 Å². The molecular weight excluding hydrogens is 258 g/mol. The van der Waals surface area contributed by atoms with Crippen molar-refractivity contribution < 1.29 is 4.79 Å². The van der Waals surface area contributed by atoms with Crippen LogP contribution in [-0.2, 0) is 6.54 Å². The topological polar surface area (TPSA) is 44.4 Å². The maximum absolute atomic E-state index is 11.9. The molecule has 0 radical (unpaired) electrons. The molecule has 0 bridgehead atoms. The Balaban J connectivity index is 1.47. The first-order chi connectivity index (χ1) is 9.33. The van der Waals surface area contributed by atoms with Crippen molar-refractivity contribution in [3.63, 3.8) is 0 Å². The lowest BCUT2D eigenvalue weighted by atomic mass is 9.99. The molecule has 1 aromatic heterocycles. The van der Waals surface area contributed by atoms with Gasteiger partial charge in [-0.2, -0.15) is 0 Å². The van der Waals surface area contributed by atoms with Gasteiger partial charge in [-0.15, -0.1) is 11.3 Å². The molecule has 0 saturated carbocycles. The molecule has 2 aliphatic rings. The van der Waals surface area contributed by atoms with E-state index in [2.05, 4.69) is 15.5 Å². The molecule has 1 aromatic rings. The van der Waals surface area contributed by atoms with Crippen LogP contribution in [0, 0.1) is 0 Å². The van der Waals surface area contributed by atoms with Crippen molar-refractivity contribution >= 4 is 17.4 Å². The molecule has 2 N–H and O–H groups in total. The minimum absolute atomic E-state index is 0.0224. The molecule has 0 spiro atoms. The third kappa shape index (κ3) is 3.09. The number of fused-ring (bicyclic) bond motifs is 1. The summed E-state index contributed by atoms with van der Waals surface area (Å²) in [5, 5.41) is 8.14. The Kier molecular flexibility index (Phi) is 4.03. The molecule has 3 rings (SSSR count). The number of nitrogens with one attached hydrogen (secondary N) is 2. The predicted molar refractivity (Wildman–Crippen MR) is 77.3 cm³/mol. The Morgan fingerprint density at radius 3 is 3.16 bits per heavy atom. The largest absolute Gasteiger partial charge is 0.334 e. The summed E-state index contributed by atoms with van der Waals surface area (Å²) in [4.78, 5) is 15.7. The third-order valence-corrected chi connectivity index (χ3v) is 5.05. The molecule has 3 heterocycles. The van der Waals surface area contributed by atoms with Gasteiger partial charge in [0, 0.05) is 23.5 Å². The van der Waals surface area contributed by atoms with Gasteiger partial charge >= 0.3 is 6.03 Å².